The first-order valence-electron chi connectivity index (χ1n) is 7.88. The fraction of sp³-hybridized carbons (Fsp3) is 0.471. The van der Waals surface area contributed by atoms with E-state index in [1.165, 1.54) is 6.07 Å². The molecule has 0 aliphatic carbocycles. The van der Waals surface area contributed by atoms with E-state index in [2.05, 4.69) is 15.3 Å². The Hall–Kier alpha value is -1.14. The Morgan fingerprint density at radius 3 is 2.62 bits per heavy atom. The van der Waals surface area contributed by atoms with Crippen LogP contribution in [0.1, 0.15) is 23.4 Å². The third kappa shape index (κ3) is 4.93. The summed E-state index contributed by atoms with van der Waals surface area (Å²) >= 11 is 0. The third-order valence-corrected chi connectivity index (χ3v) is 4.11. The van der Waals surface area contributed by atoms with Crippen molar-refractivity contribution in [3.8, 4) is 5.69 Å². The summed E-state index contributed by atoms with van der Waals surface area (Å²) < 4.78 is 15.7. The summed E-state index contributed by atoms with van der Waals surface area (Å²) in [6.45, 7) is 8.85. The summed E-state index contributed by atoms with van der Waals surface area (Å²) in [6.07, 6.45) is 1.13. The van der Waals surface area contributed by atoms with E-state index >= 15 is 0 Å². The van der Waals surface area contributed by atoms with Gasteiger partial charge in [0.1, 0.15) is 5.82 Å². The molecule has 24 heavy (non-hydrogen) atoms. The topological polar surface area (TPSA) is 33.1 Å². The molecule has 0 spiro atoms. The predicted octanol–water partition coefficient (Wildman–Crippen LogP) is 3.27. The molecule has 1 aliphatic heterocycles. The molecule has 1 saturated heterocycles. The molecule has 1 aromatic carbocycles. The minimum atomic E-state index is -0.187. The quantitative estimate of drug-likeness (QED) is 0.894. The molecule has 0 unspecified atom stereocenters. The average molecular weight is 375 g/mol. The van der Waals surface area contributed by atoms with Crippen LogP contribution in [0.2, 0.25) is 0 Å². The van der Waals surface area contributed by atoms with Crippen molar-refractivity contribution in [1.82, 2.24) is 20.0 Å². The van der Waals surface area contributed by atoms with Gasteiger partial charge in [-0.05, 0) is 63.2 Å². The van der Waals surface area contributed by atoms with E-state index in [-0.39, 0.29) is 30.6 Å². The Bertz CT molecular complexity index is 652. The molecule has 4 nitrogen and oxygen atoms in total. The predicted molar refractivity (Wildman–Crippen MR) is 100 cm³/mol. The van der Waals surface area contributed by atoms with Crippen LogP contribution in [0, 0.1) is 19.7 Å². The maximum atomic E-state index is 13.7. The number of hydrogen-bond donors (Lipinski definition) is 1. The number of halogens is 3. The summed E-state index contributed by atoms with van der Waals surface area (Å²) in [5, 5.41) is 7.95. The van der Waals surface area contributed by atoms with Crippen molar-refractivity contribution in [3.05, 3.63) is 47.0 Å². The van der Waals surface area contributed by atoms with Crippen LogP contribution < -0.4 is 5.32 Å². The highest BCUT2D eigenvalue weighted by atomic mass is 35.5. The van der Waals surface area contributed by atoms with Crippen LogP contribution in [-0.4, -0.2) is 40.9 Å². The molecule has 1 aliphatic rings. The SMILES string of the molecule is Cc1cc(C)n(-c2ccc(F)cc2CN2CCCNCC2)n1.Cl.Cl. The van der Waals surface area contributed by atoms with Gasteiger partial charge in [-0.15, -0.1) is 24.8 Å². The summed E-state index contributed by atoms with van der Waals surface area (Å²) in [6, 6.07) is 7.03. The van der Waals surface area contributed by atoms with Crippen molar-refractivity contribution in [2.75, 3.05) is 26.2 Å². The van der Waals surface area contributed by atoms with E-state index in [1.807, 2.05) is 30.7 Å². The lowest BCUT2D eigenvalue weighted by atomic mass is 10.1. The molecule has 0 atom stereocenters. The molecule has 1 aromatic heterocycles. The van der Waals surface area contributed by atoms with Gasteiger partial charge in [0, 0.05) is 25.3 Å². The standard InChI is InChI=1S/C17H23FN4.2ClH/c1-13-10-14(2)22(20-13)17-5-4-16(18)11-15(17)12-21-8-3-6-19-7-9-21;;/h4-5,10-11,19H,3,6-9,12H2,1-2H3;2*1H. The molecule has 7 heteroatoms. The van der Waals surface area contributed by atoms with Crippen LogP contribution in [0.5, 0.6) is 0 Å². The van der Waals surface area contributed by atoms with E-state index in [9.17, 15) is 4.39 Å². The first-order valence-corrected chi connectivity index (χ1v) is 7.88. The number of hydrogen-bond acceptors (Lipinski definition) is 3. The molecule has 1 N–H and O–H groups in total. The Kier molecular flexibility index (Phi) is 8.16. The second-order valence-electron chi connectivity index (χ2n) is 5.99. The van der Waals surface area contributed by atoms with Crippen LogP contribution in [0.3, 0.4) is 0 Å². The van der Waals surface area contributed by atoms with Crippen molar-refractivity contribution in [2.45, 2.75) is 26.8 Å². The number of rotatable bonds is 3. The number of nitrogens with one attached hydrogen (secondary N) is 1. The Balaban J connectivity index is 0.00000144. The van der Waals surface area contributed by atoms with Gasteiger partial charge in [-0.2, -0.15) is 5.10 Å². The number of nitrogens with zero attached hydrogens (tertiary/aromatic N) is 3. The van der Waals surface area contributed by atoms with Crippen molar-refractivity contribution in [3.63, 3.8) is 0 Å². The monoisotopic (exact) mass is 374 g/mol. The van der Waals surface area contributed by atoms with Gasteiger partial charge < -0.3 is 5.32 Å². The largest absolute Gasteiger partial charge is 0.315 e. The zero-order chi connectivity index (χ0) is 15.5. The van der Waals surface area contributed by atoms with E-state index in [4.69, 9.17) is 0 Å². The van der Waals surface area contributed by atoms with Crippen molar-refractivity contribution in [1.29, 1.82) is 0 Å². The normalized spacial score (nSPS) is 15.3. The van der Waals surface area contributed by atoms with Crippen LogP contribution in [-0.2, 0) is 6.54 Å². The highest BCUT2D eigenvalue weighted by Gasteiger charge is 2.15. The maximum absolute atomic E-state index is 13.7. The second-order valence-corrected chi connectivity index (χ2v) is 5.99. The Labute approximate surface area is 155 Å². The van der Waals surface area contributed by atoms with Gasteiger partial charge in [-0.25, -0.2) is 9.07 Å². The van der Waals surface area contributed by atoms with Gasteiger partial charge >= 0.3 is 0 Å². The Morgan fingerprint density at radius 2 is 1.92 bits per heavy atom. The van der Waals surface area contributed by atoms with Crippen LogP contribution in [0.15, 0.2) is 24.3 Å². The minimum absolute atomic E-state index is 0. The molecular formula is C17H25Cl2FN4. The zero-order valence-corrected chi connectivity index (χ0v) is 15.7. The fourth-order valence-electron chi connectivity index (χ4n) is 3.06. The molecule has 0 bridgehead atoms. The summed E-state index contributed by atoms with van der Waals surface area (Å²) in [5.74, 6) is -0.187. The molecule has 1 fully saturated rings. The van der Waals surface area contributed by atoms with E-state index < -0.39 is 0 Å². The van der Waals surface area contributed by atoms with Crippen molar-refractivity contribution >= 4 is 24.8 Å². The highest BCUT2D eigenvalue weighted by Crippen LogP contribution is 2.20. The molecule has 2 heterocycles. The van der Waals surface area contributed by atoms with Crippen LogP contribution in [0.4, 0.5) is 4.39 Å². The highest BCUT2D eigenvalue weighted by molar-refractivity contribution is 5.85. The lowest BCUT2D eigenvalue weighted by molar-refractivity contribution is 0.283. The van der Waals surface area contributed by atoms with Gasteiger partial charge in [0.25, 0.3) is 0 Å². The van der Waals surface area contributed by atoms with Gasteiger partial charge in [0.15, 0.2) is 0 Å². The van der Waals surface area contributed by atoms with Gasteiger partial charge in [0.2, 0.25) is 0 Å². The number of aryl methyl sites for hydroxylation is 2. The van der Waals surface area contributed by atoms with Gasteiger partial charge in [-0.3, -0.25) is 4.90 Å². The lowest BCUT2D eigenvalue weighted by Gasteiger charge is -2.21. The van der Waals surface area contributed by atoms with E-state index in [1.54, 1.807) is 6.07 Å². The average Bonchev–Trinajstić information content (AvgIpc) is 2.67. The second kappa shape index (κ2) is 9.37. The molecule has 134 valence electrons. The van der Waals surface area contributed by atoms with Crippen LogP contribution >= 0.6 is 24.8 Å². The first-order chi connectivity index (χ1) is 10.6. The van der Waals surface area contributed by atoms with Crippen molar-refractivity contribution < 1.29 is 4.39 Å². The molecule has 2 aromatic rings. The number of aromatic nitrogens is 2. The third-order valence-electron chi connectivity index (χ3n) is 4.11. The fourth-order valence-corrected chi connectivity index (χ4v) is 3.06. The molecule has 3 rings (SSSR count). The summed E-state index contributed by atoms with van der Waals surface area (Å²) in [5.41, 5.74) is 4.02. The maximum Gasteiger partial charge on any atom is 0.123 e. The molecule has 0 amide bonds. The van der Waals surface area contributed by atoms with E-state index in [0.29, 0.717) is 0 Å². The van der Waals surface area contributed by atoms with Crippen molar-refractivity contribution in [2.24, 2.45) is 0 Å². The van der Waals surface area contributed by atoms with E-state index in [0.717, 1.165) is 61.8 Å². The van der Waals surface area contributed by atoms with Crippen LogP contribution in [0.25, 0.3) is 5.69 Å². The molecule has 0 saturated carbocycles. The molecule has 0 radical (unpaired) electrons. The smallest absolute Gasteiger partial charge is 0.123 e. The summed E-state index contributed by atoms with van der Waals surface area (Å²) in [7, 11) is 0. The Morgan fingerprint density at radius 1 is 1.12 bits per heavy atom. The number of benzene rings is 1. The van der Waals surface area contributed by atoms with Gasteiger partial charge in [-0.1, -0.05) is 0 Å². The molecular weight excluding hydrogens is 350 g/mol. The minimum Gasteiger partial charge on any atom is -0.315 e. The van der Waals surface area contributed by atoms with Gasteiger partial charge in [0.05, 0.1) is 11.4 Å². The lowest BCUT2D eigenvalue weighted by Crippen LogP contribution is -2.28. The first kappa shape index (κ1) is 20.9. The zero-order valence-electron chi connectivity index (χ0n) is 14.1. The summed E-state index contributed by atoms with van der Waals surface area (Å²) in [4.78, 5) is 2.38.